The first-order valence-corrected chi connectivity index (χ1v) is 10.5. The maximum Gasteiger partial charge on any atom is 0.179 e. The number of benzene rings is 2. The van der Waals surface area contributed by atoms with E-state index in [1.165, 1.54) is 0 Å². The zero-order valence-corrected chi connectivity index (χ0v) is 16.5. The lowest BCUT2D eigenvalue weighted by Crippen LogP contribution is -2.44. The Morgan fingerprint density at radius 3 is 2.71 bits per heavy atom. The van der Waals surface area contributed by atoms with Gasteiger partial charge in [-0.05, 0) is 68.8 Å². The molecule has 144 valence electrons. The molecule has 4 nitrogen and oxygen atoms in total. The van der Waals surface area contributed by atoms with E-state index < -0.39 is 0 Å². The quantitative estimate of drug-likeness (QED) is 0.672. The Morgan fingerprint density at radius 2 is 1.93 bits per heavy atom. The number of carbonyl (C=O) groups excluding carboxylic acids is 1. The van der Waals surface area contributed by atoms with Crippen molar-refractivity contribution in [3.05, 3.63) is 65.3 Å². The van der Waals surface area contributed by atoms with Gasteiger partial charge in [-0.15, -0.1) is 0 Å². The van der Waals surface area contributed by atoms with Crippen LogP contribution in [0, 0.1) is 0 Å². The molecule has 0 spiro atoms. The molecule has 5 heteroatoms. The first-order chi connectivity index (χ1) is 13.7. The number of Topliss-reactive ketones (excluding diaryl/α,β-unsaturated/α-hetero) is 1. The van der Waals surface area contributed by atoms with Crippen LogP contribution in [0.1, 0.15) is 29.6 Å². The summed E-state index contributed by atoms with van der Waals surface area (Å²) in [7, 11) is 0. The first-order valence-electron chi connectivity index (χ1n) is 10.1. The van der Waals surface area contributed by atoms with E-state index in [9.17, 15) is 4.79 Å². The molecular formula is C23H24ClN3O. The molecule has 0 saturated carbocycles. The molecular weight excluding hydrogens is 370 g/mol. The van der Waals surface area contributed by atoms with E-state index in [4.69, 9.17) is 11.6 Å². The highest BCUT2D eigenvalue weighted by atomic mass is 35.5. The number of halogens is 1. The molecule has 3 heterocycles. The van der Waals surface area contributed by atoms with Crippen molar-refractivity contribution >= 4 is 28.3 Å². The number of carbonyl (C=O) groups is 1. The number of hydrogen-bond acceptors (Lipinski definition) is 3. The summed E-state index contributed by atoms with van der Waals surface area (Å²) in [5.41, 5.74) is 2.82. The Balaban J connectivity index is 1.41. The first kappa shape index (κ1) is 17.9. The minimum Gasteiger partial charge on any atom is -0.315 e. The van der Waals surface area contributed by atoms with E-state index in [0.717, 1.165) is 66.1 Å². The number of rotatable bonds is 4. The zero-order chi connectivity index (χ0) is 19.1. The average Bonchev–Trinajstić information content (AvgIpc) is 3.47. The van der Waals surface area contributed by atoms with Crippen LogP contribution in [0.2, 0.25) is 5.02 Å². The molecule has 2 atom stereocenters. The third-order valence-corrected chi connectivity index (χ3v) is 6.50. The smallest absolute Gasteiger partial charge is 0.179 e. The van der Waals surface area contributed by atoms with Crippen molar-refractivity contribution in [1.29, 1.82) is 0 Å². The van der Waals surface area contributed by atoms with Crippen LogP contribution < -0.4 is 5.32 Å². The average molecular weight is 394 g/mol. The van der Waals surface area contributed by atoms with Gasteiger partial charge in [0.15, 0.2) is 5.78 Å². The highest BCUT2D eigenvalue weighted by Crippen LogP contribution is 2.29. The van der Waals surface area contributed by atoms with Crippen molar-refractivity contribution in [3.8, 4) is 5.69 Å². The largest absolute Gasteiger partial charge is 0.315 e. The Labute approximate surface area is 170 Å². The fourth-order valence-corrected chi connectivity index (χ4v) is 5.05. The second kappa shape index (κ2) is 7.36. The Morgan fingerprint density at radius 1 is 1.07 bits per heavy atom. The number of fused-ring (bicyclic) bond motifs is 1. The summed E-state index contributed by atoms with van der Waals surface area (Å²) in [4.78, 5) is 15.6. The molecule has 2 fully saturated rings. The van der Waals surface area contributed by atoms with Crippen molar-refractivity contribution in [2.24, 2.45) is 0 Å². The molecule has 2 saturated heterocycles. The van der Waals surface area contributed by atoms with Gasteiger partial charge < -0.3 is 9.88 Å². The minimum absolute atomic E-state index is 0.0256. The van der Waals surface area contributed by atoms with Gasteiger partial charge in [-0.2, -0.15) is 0 Å². The third kappa shape index (κ3) is 3.06. The van der Waals surface area contributed by atoms with E-state index in [0.29, 0.717) is 6.04 Å². The summed E-state index contributed by atoms with van der Waals surface area (Å²) in [6, 6.07) is 16.5. The van der Waals surface area contributed by atoms with Crippen LogP contribution in [-0.2, 0) is 0 Å². The fourth-order valence-electron chi connectivity index (χ4n) is 4.77. The van der Waals surface area contributed by atoms with Crippen LogP contribution in [0.25, 0.3) is 16.6 Å². The summed E-state index contributed by atoms with van der Waals surface area (Å²) < 4.78 is 2.08. The van der Waals surface area contributed by atoms with E-state index in [2.05, 4.69) is 26.9 Å². The van der Waals surface area contributed by atoms with Gasteiger partial charge in [0.25, 0.3) is 0 Å². The van der Waals surface area contributed by atoms with Crippen LogP contribution in [0.3, 0.4) is 0 Å². The number of likely N-dealkylation sites (tertiary alicyclic amines) is 1. The fraction of sp³-hybridized carbons (Fsp3) is 0.348. The lowest BCUT2D eigenvalue weighted by molar-refractivity contribution is 0.0826. The molecule has 0 radical (unpaired) electrons. The summed E-state index contributed by atoms with van der Waals surface area (Å²) in [5.74, 6) is 0.256. The zero-order valence-electron chi connectivity index (χ0n) is 15.8. The van der Waals surface area contributed by atoms with Crippen LogP contribution in [0.4, 0.5) is 0 Å². The standard InChI is InChI=1S/C23H24ClN3O/c24-20-4-1-3-16-11-14-27(22(16)20)18-8-6-17(7-9-18)23(28)21-5-2-13-26(21)19-10-12-25-15-19/h1,3-4,6-9,11,14,19,21,25H,2,5,10,12-13,15H2. The highest BCUT2D eigenvalue weighted by Gasteiger charge is 2.36. The van der Waals surface area contributed by atoms with Crippen LogP contribution in [0.15, 0.2) is 54.7 Å². The third-order valence-electron chi connectivity index (χ3n) is 6.19. The van der Waals surface area contributed by atoms with E-state index in [-0.39, 0.29) is 11.8 Å². The lowest BCUT2D eigenvalue weighted by atomic mass is 10.0. The van der Waals surface area contributed by atoms with Gasteiger partial charge in [-0.25, -0.2) is 0 Å². The molecule has 0 amide bonds. The number of ketones is 1. The van der Waals surface area contributed by atoms with Gasteiger partial charge >= 0.3 is 0 Å². The van der Waals surface area contributed by atoms with Gasteiger partial charge in [-0.1, -0.05) is 23.7 Å². The molecule has 0 aliphatic carbocycles. The second-order valence-corrected chi connectivity index (χ2v) is 8.22. The normalized spacial score (nSPS) is 22.9. The van der Waals surface area contributed by atoms with Crippen molar-refractivity contribution in [1.82, 2.24) is 14.8 Å². The predicted octanol–water partition coefficient (Wildman–Crippen LogP) is 4.29. The van der Waals surface area contributed by atoms with Crippen LogP contribution >= 0.6 is 11.6 Å². The van der Waals surface area contributed by atoms with Crippen molar-refractivity contribution in [2.75, 3.05) is 19.6 Å². The molecule has 28 heavy (non-hydrogen) atoms. The van der Waals surface area contributed by atoms with Crippen molar-refractivity contribution in [3.63, 3.8) is 0 Å². The Bertz CT molecular complexity index is 1000. The Hall–Kier alpha value is -2.14. The molecule has 2 aromatic carbocycles. The number of nitrogens with zero attached hydrogens (tertiary/aromatic N) is 2. The predicted molar refractivity (Wildman–Crippen MR) is 114 cm³/mol. The van der Waals surface area contributed by atoms with Gasteiger partial charge in [0.1, 0.15) is 0 Å². The molecule has 0 bridgehead atoms. The molecule has 1 N–H and O–H groups in total. The summed E-state index contributed by atoms with van der Waals surface area (Å²) in [6.07, 6.45) is 5.25. The lowest BCUT2D eigenvalue weighted by Gasteiger charge is -2.29. The van der Waals surface area contributed by atoms with Gasteiger partial charge in [0.05, 0.1) is 16.6 Å². The summed E-state index contributed by atoms with van der Waals surface area (Å²) >= 11 is 6.41. The monoisotopic (exact) mass is 393 g/mol. The van der Waals surface area contributed by atoms with Crippen LogP contribution in [-0.4, -0.2) is 47.0 Å². The molecule has 2 aliphatic heterocycles. The summed E-state index contributed by atoms with van der Waals surface area (Å²) in [5, 5.41) is 5.27. The SMILES string of the molecule is O=C(c1ccc(-n2ccc3cccc(Cl)c32)cc1)C1CCCN1C1CCNC1. The topological polar surface area (TPSA) is 37.3 Å². The molecule has 1 aromatic heterocycles. The van der Waals surface area contributed by atoms with Gasteiger partial charge in [0, 0.05) is 35.4 Å². The Kier molecular flexibility index (Phi) is 4.71. The maximum absolute atomic E-state index is 13.2. The van der Waals surface area contributed by atoms with E-state index >= 15 is 0 Å². The van der Waals surface area contributed by atoms with E-state index in [1.54, 1.807) is 0 Å². The van der Waals surface area contributed by atoms with Gasteiger partial charge in [0.2, 0.25) is 0 Å². The van der Waals surface area contributed by atoms with Gasteiger partial charge in [-0.3, -0.25) is 9.69 Å². The number of hydrogen-bond donors (Lipinski definition) is 1. The highest BCUT2D eigenvalue weighted by molar-refractivity contribution is 6.35. The summed E-state index contributed by atoms with van der Waals surface area (Å²) in [6.45, 7) is 3.10. The molecule has 5 rings (SSSR count). The van der Waals surface area contributed by atoms with Crippen molar-refractivity contribution < 1.29 is 4.79 Å². The molecule has 3 aromatic rings. The number of nitrogens with one attached hydrogen (secondary N) is 1. The number of aromatic nitrogens is 1. The second-order valence-electron chi connectivity index (χ2n) is 7.82. The minimum atomic E-state index is 0.0256. The molecule has 2 aliphatic rings. The van der Waals surface area contributed by atoms with Crippen molar-refractivity contribution in [2.45, 2.75) is 31.3 Å². The van der Waals surface area contributed by atoms with E-state index in [1.807, 2.05) is 42.6 Å². The van der Waals surface area contributed by atoms with Crippen LogP contribution in [0.5, 0.6) is 0 Å². The molecule has 2 unspecified atom stereocenters. The number of para-hydroxylation sites is 1. The maximum atomic E-state index is 13.2.